The summed E-state index contributed by atoms with van der Waals surface area (Å²) in [4.78, 5) is 21.1. The van der Waals surface area contributed by atoms with Gasteiger partial charge in [-0.25, -0.2) is 0 Å². The second-order valence-electron chi connectivity index (χ2n) is 11.7. The largest absolute Gasteiger partial charge is 0.481 e. The Hall–Kier alpha value is -2.80. The van der Waals surface area contributed by atoms with E-state index in [1.807, 2.05) is 11.8 Å². The van der Waals surface area contributed by atoms with Crippen LogP contribution in [0.5, 0.6) is 0 Å². The highest BCUT2D eigenvalue weighted by atomic mass is 19.4. The number of aliphatic imine (C=N–C) groups is 1. The molecule has 3 N–H and O–H groups in total. The van der Waals surface area contributed by atoms with E-state index in [2.05, 4.69) is 11.0 Å². The maximum Gasteiger partial charge on any atom is 0.416 e. The number of carboxylic acid groups (broad SMARTS) is 1. The molecule has 0 aromatic heterocycles. The summed E-state index contributed by atoms with van der Waals surface area (Å²) in [7, 11) is 0. The Morgan fingerprint density at radius 1 is 1.19 bits per heavy atom. The lowest BCUT2D eigenvalue weighted by molar-refractivity contribution is -0.166. The summed E-state index contributed by atoms with van der Waals surface area (Å²) in [6, 6.07) is 7.60. The van der Waals surface area contributed by atoms with Crippen LogP contribution < -0.4 is 10.6 Å². The Bertz CT molecular complexity index is 1110. The number of halogens is 3. The number of piperazine rings is 1. The topological polar surface area (TPSA) is 106 Å². The monoisotopic (exact) mass is 517 g/mol. The normalized spacial score (nSPS) is 33.7. The predicted molar refractivity (Wildman–Crippen MR) is 133 cm³/mol. The summed E-state index contributed by atoms with van der Waals surface area (Å²) in [5, 5.41) is 19.6. The SMILES string of the molecule is CC(CC#N)(C(N)=NC1C2CC3CC1CC(C(=O)O)(C3)C2)N1CCN(c2cccc(C(F)(F)F)c2)CC1. The number of carboxylic acids is 1. The van der Waals surface area contributed by atoms with E-state index in [1.165, 1.54) is 12.1 Å². The van der Waals surface area contributed by atoms with Gasteiger partial charge in [-0.05, 0) is 75.0 Å². The van der Waals surface area contributed by atoms with Gasteiger partial charge in [0.1, 0.15) is 5.84 Å². The maximum absolute atomic E-state index is 13.2. The van der Waals surface area contributed by atoms with Gasteiger partial charge < -0.3 is 15.7 Å². The van der Waals surface area contributed by atoms with E-state index in [1.54, 1.807) is 6.07 Å². The van der Waals surface area contributed by atoms with Gasteiger partial charge in [0.25, 0.3) is 0 Å². The van der Waals surface area contributed by atoms with Crippen LogP contribution in [-0.4, -0.2) is 59.6 Å². The molecule has 5 aliphatic rings. The van der Waals surface area contributed by atoms with Crippen LogP contribution in [-0.2, 0) is 11.0 Å². The first-order valence-corrected chi connectivity index (χ1v) is 13.1. The van der Waals surface area contributed by atoms with Crippen molar-refractivity contribution in [1.29, 1.82) is 5.26 Å². The summed E-state index contributed by atoms with van der Waals surface area (Å²) in [6.07, 6.45) is -0.229. The third kappa shape index (κ3) is 4.56. The molecule has 3 unspecified atom stereocenters. The van der Waals surface area contributed by atoms with E-state index >= 15 is 0 Å². The first kappa shape index (κ1) is 25.8. The lowest BCUT2D eigenvalue weighted by Gasteiger charge is -2.57. The maximum atomic E-state index is 13.2. The molecule has 7 nitrogen and oxygen atoms in total. The number of nitriles is 1. The Kier molecular flexibility index (Phi) is 6.42. The molecule has 0 radical (unpaired) electrons. The van der Waals surface area contributed by atoms with E-state index in [0.717, 1.165) is 25.3 Å². The lowest BCUT2D eigenvalue weighted by Crippen LogP contribution is -2.62. The standard InChI is InChI=1S/C27H34F3N5O2/c1-25(5-6-31,35-9-7-34(8-10-35)21-4-2-3-20(13-21)27(28,29)30)23(32)33-22-18-11-17-12-19(22)16-26(14-17,15-18)24(36)37/h2-4,13,17-19,22H,5,7-12,14-16H2,1H3,(H2,32,33)(H,36,37). The van der Waals surface area contributed by atoms with Crippen LogP contribution in [0, 0.1) is 34.5 Å². The molecule has 6 rings (SSSR count). The van der Waals surface area contributed by atoms with E-state index in [-0.39, 0.29) is 24.3 Å². The molecule has 1 aliphatic heterocycles. The van der Waals surface area contributed by atoms with Crippen LogP contribution in [0.2, 0.25) is 0 Å². The minimum Gasteiger partial charge on any atom is -0.481 e. The van der Waals surface area contributed by atoms with Gasteiger partial charge in [0, 0.05) is 31.9 Å². The number of carbonyl (C=O) groups is 1. The van der Waals surface area contributed by atoms with Crippen LogP contribution in [0.25, 0.3) is 0 Å². The summed E-state index contributed by atoms with van der Waals surface area (Å²) in [5.41, 5.74) is 5.10. The molecule has 37 heavy (non-hydrogen) atoms. The number of amidine groups is 1. The molecule has 10 heteroatoms. The highest BCUT2D eigenvalue weighted by Gasteiger charge is 2.59. The van der Waals surface area contributed by atoms with Crippen molar-refractivity contribution in [1.82, 2.24) is 4.90 Å². The molecule has 5 fully saturated rings. The first-order chi connectivity index (χ1) is 17.4. The lowest BCUT2D eigenvalue weighted by atomic mass is 9.48. The molecule has 3 atom stereocenters. The fourth-order valence-electron chi connectivity index (χ4n) is 7.63. The molecule has 200 valence electrons. The third-order valence-electron chi connectivity index (χ3n) is 9.46. The van der Waals surface area contributed by atoms with Crippen molar-refractivity contribution in [3.63, 3.8) is 0 Å². The number of nitrogens with two attached hydrogens (primary N) is 1. The van der Waals surface area contributed by atoms with E-state index < -0.39 is 28.7 Å². The second kappa shape index (κ2) is 9.19. The number of hydrogen-bond donors (Lipinski definition) is 2. The van der Waals surface area contributed by atoms with Crippen molar-refractivity contribution >= 4 is 17.5 Å². The van der Waals surface area contributed by atoms with Gasteiger partial charge in [-0.2, -0.15) is 18.4 Å². The molecule has 1 heterocycles. The van der Waals surface area contributed by atoms with Gasteiger partial charge in [-0.1, -0.05) is 6.07 Å². The highest BCUT2D eigenvalue weighted by molar-refractivity contribution is 5.90. The number of alkyl halides is 3. The first-order valence-electron chi connectivity index (χ1n) is 13.1. The van der Waals surface area contributed by atoms with E-state index in [0.29, 0.717) is 56.5 Å². The minimum absolute atomic E-state index is 0.0200. The van der Waals surface area contributed by atoms with Gasteiger partial charge in [0.2, 0.25) is 0 Å². The van der Waals surface area contributed by atoms with E-state index in [9.17, 15) is 28.3 Å². The van der Waals surface area contributed by atoms with Crippen LogP contribution in [0.1, 0.15) is 51.0 Å². The van der Waals surface area contributed by atoms with Crippen molar-refractivity contribution in [2.45, 2.75) is 63.2 Å². The summed E-state index contributed by atoms with van der Waals surface area (Å²) in [5.74, 6) is 0.560. The van der Waals surface area contributed by atoms with Gasteiger partial charge in [-0.3, -0.25) is 14.7 Å². The molecular formula is C27H34F3N5O2. The zero-order valence-electron chi connectivity index (χ0n) is 21.0. The summed E-state index contributed by atoms with van der Waals surface area (Å²) >= 11 is 0. The summed E-state index contributed by atoms with van der Waals surface area (Å²) < 4.78 is 39.5. The molecule has 1 saturated heterocycles. The van der Waals surface area contributed by atoms with Crippen molar-refractivity contribution in [2.24, 2.45) is 33.9 Å². The van der Waals surface area contributed by atoms with Gasteiger partial charge >= 0.3 is 12.1 Å². The average molecular weight is 518 g/mol. The Labute approximate surface area is 215 Å². The molecule has 4 saturated carbocycles. The van der Waals surface area contributed by atoms with Crippen LogP contribution in [0.4, 0.5) is 18.9 Å². The number of anilines is 1. The molecule has 0 amide bonds. The third-order valence-corrected chi connectivity index (χ3v) is 9.46. The summed E-state index contributed by atoms with van der Waals surface area (Å²) in [6.45, 7) is 4.00. The molecule has 4 aliphatic carbocycles. The van der Waals surface area contributed by atoms with Crippen molar-refractivity contribution in [3.05, 3.63) is 29.8 Å². The zero-order valence-corrected chi connectivity index (χ0v) is 21.0. The Morgan fingerprint density at radius 3 is 2.41 bits per heavy atom. The molecular weight excluding hydrogens is 483 g/mol. The number of aliphatic carboxylic acids is 1. The Morgan fingerprint density at radius 2 is 1.84 bits per heavy atom. The van der Waals surface area contributed by atoms with Gasteiger partial charge in [0.05, 0.1) is 35.0 Å². The highest BCUT2D eigenvalue weighted by Crippen LogP contribution is 2.61. The molecule has 1 aromatic rings. The van der Waals surface area contributed by atoms with Crippen LogP contribution >= 0.6 is 0 Å². The molecule has 0 spiro atoms. The van der Waals surface area contributed by atoms with Crippen molar-refractivity contribution in [2.75, 3.05) is 31.1 Å². The molecule has 4 bridgehead atoms. The van der Waals surface area contributed by atoms with Crippen molar-refractivity contribution < 1.29 is 23.1 Å². The van der Waals surface area contributed by atoms with Gasteiger partial charge in [-0.15, -0.1) is 0 Å². The number of benzene rings is 1. The molecule has 1 aromatic carbocycles. The zero-order chi connectivity index (χ0) is 26.6. The second-order valence-corrected chi connectivity index (χ2v) is 11.7. The van der Waals surface area contributed by atoms with E-state index in [4.69, 9.17) is 10.7 Å². The van der Waals surface area contributed by atoms with Crippen molar-refractivity contribution in [3.8, 4) is 6.07 Å². The number of nitrogens with zero attached hydrogens (tertiary/aromatic N) is 4. The van der Waals surface area contributed by atoms with Gasteiger partial charge in [0.15, 0.2) is 0 Å². The number of rotatable bonds is 6. The fraction of sp³-hybridized carbons (Fsp3) is 0.667. The fourth-order valence-corrected chi connectivity index (χ4v) is 7.63. The predicted octanol–water partition coefficient (Wildman–Crippen LogP) is 4.14. The average Bonchev–Trinajstić information content (AvgIpc) is 2.85. The minimum atomic E-state index is -4.39. The van der Waals surface area contributed by atoms with Crippen LogP contribution in [0.15, 0.2) is 29.3 Å². The Balaban J connectivity index is 1.31. The quantitative estimate of drug-likeness (QED) is 0.434. The number of hydrogen-bond acceptors (Lipinski definition) is 5. The smallest absolute Gasteiger partial charge is 0.416 e. The van der Waals surface area contributed by atoms with Crippen LogP contribution in [0.3, 0.4) is 0 Å².